The first-order valence-corrected chi connectivity index (χ1v) is 6.37. The molecular formula is C12H26N2O. The molecule has 0 aliphatic heterocycles. The summed E-state index contributed by atoms with van der Waals surface area (Å²) in [7, 11) is 0. The van der Waals surface area contributed by atoms with Crippen molar-refractivity contribution in [3.05, 3.63) is 0 Å². The van der Waals surface area contributed by atoms with Gasteiger partial charge in [0.25, 0.3) is 0 Å². The third-order valence-electron chi connectivity index (χ3n) is 3.37. The van der Waals surface area contributed by atoms with Crippen molar-refractivity contribution in [3.63, 3.8) is 0 Å². The van der Waals surface area contributed by atoms with Gasteiger partial charge in [0.05, 0.1) is 6.10 Å². The zero-order valence-corrected chi connectivity index (χ0v) is 9.91. The molecule has 0 radical (unpaired) electrons. The van der Waals surface area contributed by atoms with Crippen LogP contribution in [0.3, 0.4) is 0 Å². The number of nitrogens with one attached hydrogen (secondary N) is 1. The summed E-state index contributed by atoms with van der Waals surface area (Å²) in [5.74, 6) is 0. The summed E-state index contributed by atoms with van der Waals surface area (Å²) in [6, 6.07) is 0.680. The minimum absolute atomic E-state index is 0.0573. The van der Waals surface area contributed by atoms with Gasteiger partial charge in [-0.1, -0.05) is 19.3 Å². The van der Waals surface area contributed by atoms with Gasteiger partial charge in [-0.2, -0.15) is 0 Å². The second-order valence-corrected chi connectivity index (χ2v) is 4.84. The van der Waals surface area contributed by atoms with Gasteiger partial charge in [0.15, 0.2) is 0 Å². The smallest absolute Gasteiger partial charge is 0.0662 e. The van der Waals surface area contributed by atoms with E-state index in [1.54, 1.807) is 6.92 Å². The molecule has 1 aliphatic carbocycles. The van der Waals surface area contributed by atoms with E-state index in [0.717, 1.165) is 25.4 Å². The molecule has 1 aliphatic rings. The van der Waals surface area contributed by atoms with Crippen LogP contribution < -0.4 is 11.1 Å². The fraction of sp³-hybridized carbons (Fsp3) is 1.00. The SMILES string of the molecule is CC(O)C(N)CCCNC1CCCCC1. The average molecular weight is 214 g/mol. The van der Waals surface area contributed by atoms with Gasteiger partial charge in [-0.05, 0) is 39.2 Å². The Hall–Kier alpha value is -0.120. The summed E-state index contributed by atoms with van der Waals surface area (Å²) >= 11 is 0. The molecule has 1 fully saturated rings. The summed E-state index contributed by atoms with van der Waals surface area (Å²) in [4.78, 5) is 0. The molecule has 0 bridgehead atoms. The van der Waals surface area contributed by atoms with Crippen LogP contribution in [0.4, 0.5) is 0 Å². The van der Waals surface area contributed by atoms with E-state index >= 15 is 0 Å². The minimum Gasteiger partial charge on any atom is -0.392 e. The Kier molecular flexibility index (Phi) is 6.22. The maximum absolute atomic E-state index is 9.22. The molecule has 0 saturated heterocycles. The van der Waals surface area contributed by atoms with E-state index in [4.69, 9.17) is 5.73 Å². The molecule has 90 valence electrons. The van der Waals surface area contributed by atoms with Gasteiger partial charge in [-0.15, -0.1) is 0 Å². The number of nitrogens with two attached hydrogens (primary N) is 1. The van der Waals surface area contributed by atoms with E-state index in [9.17, 15) is 5.11 Å². The van der Waals surface area contributed by atoms with E-state index in [1.165, 1.54) is 32.1 Å². The standard InChI is InChI=1S/C12H26N2O/c1-10(15)12(13)8-5-9-14-11-6-3-2-4-7-11/h10-12,14-15H,2-9,13H2,1H3. The summed E-state index contributed by atoms with van der Waals surface area (Å²) in [5, 5.41) is 12.8. The van der Waals surface area contributed by atoms with Crippen LogP contribution in [0.2, 0.25) is 0 Å². The van der Waals surface area contributed by atoms with E-state index in [1.807, 2.05) is 0 Å². The molecule has 0 aromatic rings. The molecule has 0 spiro atoms. The number of hydrogen-bond donors (Lipinski definition) is 3. The van der Waals surface area contributed by atoms with E-state index in [0.29, 0.717) is 0 Å². The van der Waals surface area contributed by atoms with Crippen LogP contribution in [0, 0.1) is 0 Å². The van der Waals surface area contributed by atoms with Crippen LogP contribution in [0.5, 0.6) is 0 Å². The third-order valence-corrected chi connectivity index (χ3v) is 3.37. The summed E-state index contributed by atoms with van der Waals surface area (Å²) in [5.41, 5.74) is 5.76. The molecule has 2 unspecified atom stereocenters. The van der Waals surface area contributed by atoms with Crippen molar-refractivity contribution in [1.82, 2.24) is 5.32 Å². The third kappa shape index (κ3) is 5.50. The van der Waals surface area contributed by atoms with Gasteiger partial charge in [-0.25, -0.2) is 0 Å². The summed E-state index contributed by atoms with van der Waals surface area (Å²) in [6.45, 7) is 2.81. The Balaban J connectivity index is 1.96. The fourth-order valence-corrected chi connectivity index (χ4v) is 2.19. The molecule has 3 nitrogen and oxygen atoms in total. The van der Waals surface area contributed by atoms with Crippen molar-refractivity contribution in [2.45, 2.75) is 70.1 Å². The highest BCUT2D eigenvalue weighted by atomic mass is 16.3. The Morgan fingerprint density at radius 2 is 2.00 bits per heavy atom. The highest BCUT2D eigenvalue weighted by Gasteiger charge is 2.12. The van der Waals surface area contributed by atoms with E-state index in [2.05, 4.69) is 5.32 Å². The summed E-state index contributed by atoms with van der Waals surface area (Å²) in [6.07, 6.45) is 8.45. The van der Waals surface area contributed by atoms with Gasteiger partial charge in [0, 0.05) is 12.1 Å². The van der Waals surface area contributed by atoms with Crippen LogP contribution in [0.1, 0.15) is 51.9 Å². The average Bonchev–Trinajstić information content (AvgIpc) is 2.25. The number of rotatable bonds is 6. The van der Waals surface area contributed by atoms with Crippen molar-refractivity contribution >= 4 is 0 Å². The molecule has 2 atom stereocenters. The predicted molar refractivity (Wildman–Crippen MR) is 63.8 cm³/mol. The van der Waals surface area contributed by atoms with Crippen LogP contribution in [-0.2, 0) is 0 Å². The summed E-state index contributed by atoms with van der Waals surface area (Å²) < 4.78 is 0. The topological polar surface area (TPSA) is 58.3 Å². The van der Waals surface area contributed by atoms with Crippen molar-refractivity contribution < 1.29 is 5.11 Å². The zero-order valence-electron chi connectivity index (χ0n) is 9.91. The molecule has 0 heterocycles. The lowest BCUT2D eigenvalue weighted by molar-refractivity contribution is 0.157. The minimum atomic E-state index is -0.375. The zero-order chi connectivity index (χ0) is 11.1. The monoisotopic (exact) mass is 214 g/mol. The largest absolute Gasteiger partial charge is 0.392 e. The first kappa shape index (κ1) is 12.9. The Labute approximate surface area is 93.4 Å². The molecule has 1 rings (SSSR count). The second-order valence-electron chi connectivity index (χ2n) is 4.84. The van der Waals surface area contributed by atoms with Crippen LogP contribution in [0.25, 0.3) is 0 Å². The van der Waals surface area contributed by atoms with Crippen LogP contribution in [-0.4, -0.2) is 29.8 Å². The highest BCUT2D eigenvalue weighted by molar-refractivity contribution is 4.73. The Morgan fingerprint density at radius 1 is 1.33 bits per heavy atom. The van der Waals surface area contributed by atoms with Crippen molar-refractivity contribution in [2.75, 3.05) is 6.54 Å². The van der Waals surface area contributed by atoms with Crippen LogP contribution in [0.15, 0.2) is 0 Å². The van der Waals surface area contributed by atoms with Gasteiger partial charge >= 0.3 is 0 Å². The lowest BCUT2D eigenvalue weighted by Gasteiger charge is -2.23. The first-order valence-electron chi connectivity index (χ1n) is 6.37. The number of hydrogen-bond acceptors (Lipinski definition) is 3. The normalized spacial score (nSPS) is 22.6. The van der Waals surface area contributed by atoms with E-state index < -0.39 is 0 Å². The van der Waals surface area contributed by atoms with Gasteiger partial charge in [0.2, 0.25) is 0 Å². The van der Waals surface area contributed by atoms with Crippen molar-refractivity contribution in [1.29, 1.82) is 0 Å². The molecular weight excluding hydrogens is 188 g/mol. The lowest BCUT2D eigenvalue weighted by atomic mass is 9.95. The quantitative estimate of drug-likeness (QED) is 0.586. The van der Waals surface area contributed by atoms with Gasteiger partial charge in [-0.3, -0.25) is 0 Å². The fourth-order valence-electron chi connectivity index (χ4n) is 2.19. The molecule has 4 N–H and O–H groups in total. The second kappa shape index (κ2) is 7.20. The van der Waals surface area contributed by atoms with Gasteiger partial charge < -0.3 is 16.2 Å². The molecule has 3 heteroatoms. The highest BCUT2D eigenvalue weighted by Crippen LogP contribution is 2.17. The molecule has 15 heavy (non-hydrogen) atoms. The van der Waals surface area contributed by atoms with Crippen LogP contribution >= 0.6 is 0 Å². The van der Waals surface area contributed by atoms with E-state index in [-0.39, 0.29) is 12.1 Å². The van der Waals surface area contributed by atoms with Gasteiger partial charge in [0.1, 0.15) is 0 Å². The van der Waals surface area contributed by atoms with Crippen molar-refractivity contribution in [2.24, 2.45) is 5.73 Å². The van der Waals surface area contributed by atoms with Crippen molar-refractivity contribution in [3.8, 4) is 0 Å². The Morgan fingerprint density at radius 3 is 2.60 bits per heavy atom. The maximum Gasteiger partial charge on any atom is 0.0662 e. The molecule has 0 aromatic carbocycles. The lowest BCUT2D eigenvalue weighted by Crippen LogP contribution is -2.35. The number of aliphatic hydroxyl groups excluding tert-OH is 1. The molecule has 1 saturated carbocycles. The predicted octanol–water partition coefficient (Wildman–Crippen LogP) is 1.40. The first-order chi connectivity index (χ1) is 7.20. The Bertz CT molecular complexity index is 156. The molecule has 0 aromatic heterocycles. The maximum atomic E-state index is 9.22. The number of aliphatic hydroxyl groups is 1. The molecule has 0 amide bonds.